The Balaban J connectivity index is 2.25. The molecule has 1 aliphatic heterocycles. The number of benzene rings is 1. The lowest BCUT2D eigenvalue weighted by molar-refractivity contribution is 0.199. The first-order chi connectivity index (χ1) is 8.99. The average Bonchev–Trinajstić information content (AvgIpc) is 2.50. The highest BCUT2D eigenvalue weighted by Gasteiger charge is 2.21. The summed E-state index contributed by atoms with van der Waals surface area (Å²) in [6, 6.07) is 6.32. The van der Waals surface area contributed by atoms with Crippen LogP contribution >= 0.6 is 11.6 Å². The summed E-state index contributed by atoms with van der Waals surface area (Å²) >= 11 is 6.40. The maximum Gasteiger partial charge on any atom is 0.0762 e. The van der Waals surface area contributed by atoms with E-state index in [1.54, 1.807) is 6.92 Å². The number of aliphatic hydroxyl groups excluding tert-OH is 1. The molecule has 1 aromatic carbocycles. The smallest absolute Gasteiger partial charge is 0.0762 e. The Bertz CT molecular complexity index is 436. The highest BCUT2D eigenvalue weighted by molar-refractivity contribution is 6.33. The second kappa shape index (κ2) is 6.12. The van der Waals surface area contributed by atoms with E-state index in [1.165, 1.54) is 0 Å². The van der Waals surface area contributed by atoms with Crippen LogP contribution in [0.1, 0.15) is 31.9 Å². The third-order valence-corrected chi connectivity index (χ3v) is 4.11. The van der Waals surface area contributed by atoms with Gasteiger partial charge >= 0.3 is 0 Å². The molecule has 106 valence electrons. The molecule has 1 heterocycles. The third-order valence-electron chi connectivity index (χ3n) is 3.81. The fourth-order valence-electron chi connectivity index (χ4n) is 2.75. The highest BCUT2D eigenvalue weighted by Crippen LogP contribution is 2.31. The van der Waals surface area contributed by atoms with Gasteiger partial charge in [-0.1, -0.05) is 17.7 Å². The van der Waals surface area contributed by atoms with Gasteiger partial charge in [-0.2, -0.15) is 0 Å². The molecule has 1 fully saturated rings. The van der Waals surface area contributed by atoms with Crippen LogP contribution < -0.4 is 4.90 Å². The van der Waals surface area contributed by atoms with Crippen LogP contribution in [-0.4, -0.2) is 42.7 Å². The van der Waals surface area contributed by atoms with Crippen LogP contribution in [0, 0.1) is 0 Å². The summed E-state index contributed by atoms with van der Waals surface area (Å²) in [6.07, 6.45) is 0.675. The van der Waals surface area contributed by atoms with Gasteiger partial charge < -0.3 is 14.9 Å². The molecule has 19 heavy (non-hydrogen) atoms. The third kappa shape index (κ3) is 3.41. The van der Waals surface area contributed by atoms with Crippen molar-refractivity contribution >= 4 is 17.3 Å². The maximum atomic E-state index is 9.60. The molecule has 0 radical (unpaired) electrons. The predicted octanol–water partition coefficient (Wildman–Crippen LogP) is 2.92. The van der Waals surface area contributed by atoms with E-state index in [9.17, 15) is 5.11 Å². The second-order valence-electron chi connectivity index (χ2n) is 5.55. The molecule has 0 bridgehead atoms. The predicted molar refractivity (Wildman–Crippen MR) is 81.0 cm³/mol. The largest absolute Gasteiger partial charge is 0.389 e. The number of nitrogens with zero attached hydrogens (tertiary/aromatic N) is 2. The lowest BCUT2D eigenvalue weighted by atomic mass is 10.1. The molecule has 0 amide bonds. The van der Waals surface area contributed by atoms with Crippen LogP contribution in [0.25, 0.3) is 0 Å². The number of rotatable bonds is 2. The van der Waals surface area contributed by atoms with Gasteiger partial charge in [0.25, 0.3) is 0 Å². The summed E-state index contributed by atoms with van der Waals surface area (Å²) < 4.78 is 0. The molecule has 2 unspecified atom stereocenters. The molecule has 2 rings (SSSR count). The van der Waals surface area contributed by atoms with Crippen molar-refractivity contribution in [2.45, 2.75) is 32.4 Å². The maximum absolute atomic E-state index is 9.60. The molecular formula is C15H23ClN2O. The van der Waals surface area contributed by atoms with Crippen LogP contribution in [0.4, 0.5) is 5.69 Å². The van der Waals surface area contributed by atoms with E-state index < -0.39 is 6.10 Å². The fourth-order valence-corrected chi connectivity index (χ4v) is 3.04. The van der Waals surface area contributed by atoms with Crippen molar-refractivity contribution in [1.82, 2.24) is 4.90 Å². The Labute approximate surface area is 120 Å². The molecule has 0 aromatic heterocycles. The van der Waals surface area contributed by atoms with Crippen molar-refractivity contribution in [3.63, 3.8) is 0 Å². The molecule has 4 heteroatoms. The van der Waals surface area contributed by atoms with Gasteiger partial charge in [-0.25, -0.2) is 0 Å². The van der Waals surface area contributed by atoms with Crippen LogP contribution in [0.5, 0.6) is 0 Å². The topological polar surface area (TPSA) is 26.7 Å². The quantitative estimate of drug-likeness (QED) is 0.903. The summed E-state index contributed by atoms with van der Waals surface area (Å²) in [7, 11) is 2.16. The van der Waals surface area contributed by atoms with E-state index in [0.717, 1.165) is 42.3 Å². The number of anilines is 1. The number of hydrogen-bond donors (Lipinski definition) is 1. The Morgan fingerprint density at radius 3 is 2.74 bits per heavy atom. The van der Waals surface area contributed by atoms with E-state index in [-0.39, 0.29) is 0 Å². The van der Waals surface area contributed by atoms with Gasteiger partial charge in [-0.3, -0.25) is 0 Å². The summed E-state index contributed by atoms with van der Waals surface area (Å²) in [5, 5.41) is 10.3. The van der Waals surface area contributed by atoms with E-state index in [1.807, 2.05) is 18.2 Å². The zero-order valence-electron chi connectivity index (χ0n) is 11.9. The van der Waals surface area contributed by atoms with E-state index in [4.69, 9.17) is 11.6 Å². The van der Waals surface area contributed by atoms with Crippen LogP contribution in [0.3, 0.4) is 0 Å². The van der Waals surface area contributed by atoms with Crippen LogP contribution in [0.15, 0.2) is 18.2 Å². The van der Waals surface area contributed by atoms with Gasteiger partial charge in [0.15, 0.2) is 0 Å². The summed E-state index contributed by atoms with van der Waals surface area (Å²) in [6.45, 7) is 7.20. The highest BCUT2D eigenvalue weighted by atomic mass is 35.5. The normalized spacial score (nSPS) is 23.2. The van der Waals surface area contributed by atoms with Crippen molar-refractivity contribution in [3.8, 4) is 0 Å². The summed E-state index contributed by atoms with van der Waals surface area (Å²) in [4.78, 5) is 4.74. The molecule has 0 aliphatic carbocycles. The van der Waals surface area contributed by atoms with Crippen molar-refractivity contribution in [2.24, 2.45) is 0 Å². The molecular weight excluding hydrogens is 260 g/mol. The number of halogens is 1. The van der Waals surface area contributed by atoms with Crippen molar-refractivity contribution in [1.29, 1.82) is 0 Å². The van der Waals surface area contributed by atoms with Crippen LogP contribution in [0.2, 0.25) is 5.02 Å². The molecule has 2 atom stereocenters. The van der Waals surface area contributed by atoms with Gasteiger partial charge in [-0.15, -0.1) is 0 Å². The molecule has 0 saturated carbocycles. The van der Waals surface area contributed by atoms with Crippen molar-refractivity contribution in [2.75, 3.05) is 31.6 Å². The standard InChI is InChI=1S/C15H23ClN2O/c1-11-10-17(3)7-4-8-18(11)15-6-5-13(12(2)19)9-14(15)16/h5-6,9,11-12,19H,4,7-8,10H2,1-3H3. The molecule has 0 spiro atoms. The lowest BCUT2D eigenvalue weighted by Gasteiger charge is -2.31. The molecule has 1 aromatic rings. The van der Waals surface area contributed by atoms with Gasteiger partial charge in [0.2, 0.25) is 0 Å². The molecule has 1 N–H and O–H groups in total. The minimum Gasteiger partial charge on any atom is -0.389 e. The average molecular weight is 283 g/mol. The van der Waals surface area contributed by atoms with Gasteiger partial charge in [0.1, 0.15) is 0 Å². The SMILES string of the molecule is CC(O)c1ccc(N2CCCN(C)CC2C)c(Cl)c1. The number of hydrogen-bond acceptors (Lipinski definition) is 3. The van der Waals surface area contributed by atoms with Crippen LogP contribution in [-0.2, 0) is 0 Å². The summed E-state index contributed by atoms with van der Waals surface area (Å²) in [5.74, 6) is 0. The van der Waals surface area contributed by atoms with Gasteiger partial charge in [0, 0.05) is 19.1 Å². The molecule has 1 saturated heterocycles. The first-order valence-electron chi connectivity index (χ1n) is 6.91. The minimum absolute atomic E-state index is 0.447. The molecule has 3 nitrogen and oxygen atoms in total. The number of likely N-dealkylation sites (N-methyl/N-ethyl adjacent to an activating group) is 1. The fraction of sp³-hybridized carbons (Fsp3) is 0.600. The molecule has 1 aliphatic rings. The van der Waals surface area contributed by atoms with Crippen molar-refractivity contribution in [3.05, 3.63) is 28.8 Å². The zero-order valence-corrected chi connectivity index (χ0v) is 12.7. The first-order valence-corrected chi connectivity index (χ1v) is 7.29. The van der Waals surface area contributed by atoms with E-state index in [2.05, 4.69) is 23.8 Å². The Kier molecular flexibility index (Phi) is 4.71. The Morgan fingerprint density at radius 1 is 1.37 bits per heavy atom. The second-order valence-corrected chi connectivity index (χ2v) is 5.95. The van der Waals surface area contributed by atoms with Gasteiger partial charge in [0.05, 0.1) is 16.8 Å². The number of aliphatic hydroxyl groups is 1. The lowest BCUT2D eigenvalue weighted by Crippen LogP contribution is -2.38. The minimum atomic E-state index is -0.473. The monoisotopic (exact) mass is 282 g/mol. The van der Waals surface area contributed by atoms with E-state index >= 15 is 0 Å². The zero-order chi connectivity index (χ0) is 14.0. The first kappa shape index (κ1) is 14.6. The summed E-state index contributed by atoms with van der Waals surface area (Å²) in [5.41, 5.74) is 1.95. The van der Waals surface area contributed by atoms with Crippen molar-refractivity contribution < 1.29 is 5.11 Å². The van der Waals surface area contributed by atoms with E-state index in [0.29, 0.717) is 6.04 Å². The Morgan fingerprint density at radius 2 is 2.11 bits per heavy atom. The Hall–Kier alpha value is -0.770. The van der Waals surface area contributed by atoms with Gasteiger partial charge in [-0.05, 0) is 51.6 Å².